The highest BCUT2D eigenvalue weighted by Gasteiger charge is 2.11. The first kappa shape index (κ1) is 17.0. The molecule has 4 heteroatoms. The monoisotopic (exact) mass is 332 g/mol. The molecule has 3 aromatic rings. The molecule has 0 bridgehead atoms. The van der Waals surface area contributed by atoms with Crippen LogP contribution in [0.5, 0.6) is 0 Å². The van der Waals surface area contributed by atoms with Gasteiger partial charge in [-0.05, 0) is 44.0 Å². The molecule has 3 rings (SSSR count). The van der Waals surface area contributed by atoms with Crippen molar-refractivity contribution in [3.63, 3.8) is 0 Å². The number of nitrogens with zero attached hydrogens (tertiary/aromatic N) is 3. The Hall–Kier alpha value is -2.88. The van der Waals surface area contributed by atoms with E-state index in [1.807, 2.05) is 31.2 Å². The Morgan fingerprint density at radius 3 is 2.36 bits per heavy atom. The molecule has 0 unspecified atom stereocenters. The van der Waals surface area contributed by atoms with E-state index in [4.69, 9.17) is 4.98 Å². The van der Waals surface area contributed by atoms with Crippen LogP contribution in [-0.2, 0) is 6.54 Å². The molecule has 0 aliphatic rings. The number of hydrogen-bond acceptors (Lipinski definition) is 4. The smallest absolute Gasteiger partial charge is 0.225 e. The number of benzene rings is 2. The Labute approximate surface area is 149 Å². The fourth-order valence-corrected chi connectivity index (χ4v) is 2.84. The highest BCUT2D eigenvalue weighted by Crippen LogP contribution is 2.24. The van der Waals surface area contributed by atoms with Crippen LogP contribution >= 0.6 is 0 Å². The molecule has 1 heterocycles. The van der Waals surface area contributed by atoms with Crippen molar-refractivity contribution in [2.45, 2.75) is 27.3 Å². The Balaban J connectivity index is 1.84. The van der Waals surface area contributed by atoms with Crippen LogP contribution in [0, 0.1) is 13.8 Å². The van der Waals surface area contributed by atoms with E-state index in [1.165, 1.54) is 11.1 Å². The Morgan fingerprint density at radius 2 is 1.64 bits per heavy atom. The molecule has 0 radical (unpaired) electrons. The van der Waals surface area contributed by atoms with E-state index in [2.05, 4.69) is 65.4 Å². The van der Waals surface area contributed by atoms with Gasteiger partial charge in [-0.2, -0.15) is 4.98 Å². The third-order valence-electron chi connectivity index (χ3n) is 4.20. The van der Waals surface area contributed by atoms with Gasteiger partial charge in [0.2, 0.25) is 5.95 Å². The summed E-state index contributed by atoms with van der Waals surface area (Å²) in [4.78, 5) is 11.5. The van der Waals surface area contributed by atoms with Crippen molar-refractivity contribution in [1.29, 1.82) is 0 Å². The van der Waals surface area contributed by atoms with E-state index in [1.54, 1.807) is 0 Å². The van der Waals surface area contributed by atoms with Gasteiger partial charge in [-0.25, -0.2) is 4.98 Å². The van der Waals surface area contributed by atoms with Crippen molar-refractivity contribution in [3.05, 3.63) is 77.5 Å². The minimum atomic E-state index is 0.660. The van der Waals surface area contributed by atoms with Crippen molar-refractivity contribution in [1.82, 2.24) is 9.97 Å². The highest BCUT2D eigenvalue weighted by molar-refractivity contribution is 5.61. The highest BCUT2D eigenvalue weighted by atomic mass is 15.2. The maximum atomic E-state index is 4.73. The van der Waals surface area contributed by atoms with Crippen LogP contribution in [0.2, 0.25) is 0 Å². The Morgan fingerprint density at radius 1 is 0.920 bits per heavy atom. The summed E-state index contributed by atoms with van der Waals surface area (Å²) >= 11 is 0. The summed E-state index contributed by atoms with van der Waals surface area (Å²) in [5.74, 6) is 1.57. The lowest BCUT2D eigenvalue weighted by Gasteiger charge is -2.23. The number of para-hydroxylation sites is 1. The third kappa shape index (κ3) is 4.15. The molecular weight excluding hydrogens is 308 g/mol. The van der Waals surface area contributed by atoms with Crippen LogP contribution < -0.4 is 10.2 Å². The molecule has 0 atom stereocenters. The van der Waals surface area contributed by atoms with E-state index in [-0.39, 0.29) is 0 Å². The predicted molar refractivity (Wildman–Crippen MR) is 104 cm³/mol. The molecule has 0 spiro atoms. The molecule has 0 saturated carbocycles. The summed E-state index contributed by atoms with van der Waals surface area (Å²) in [7, 11) is 0. The quantitative estimate of drug-likeness (QED) is 0.699. The molecule has 25 heavy (non-hydrogen) atoms. The molecule has 0 saturated heterocycles. The average Bonchev–Trinajstić information content (AvgIpc) is 2.62. The Bertz CT molecular complexity index is 830. The van der Waals surface area contributed by atoms with Crippen molar-refractivity contribution in [2.75, 3.05) is 16.8 Å². The van der Waals surface area contributed by atoms with E-state index in [0.29, 0.717) is 12.5 Å². The Kier molecular flexibility index (Phi) is 5.29. The van der Waals surface area contributed by atoms with E-state index in [9.17, 15) is 0 Å². The molecule has 0 aliphatic carbocycles. The van der Waals surface area contributed by atoms with E-state index >= 15 is 0 Å². The summed E-state index contributed by atoms with van der Waals surface area (Å²) in [6.45, 7) is 7.81. The first-order valence-corrected chi connectivity index (χ1v) is 8.64. The van der Waals surface area contributed by atoms with Crippen LogP contribution in [0.4, 0.5) is 17.5 Å². The van der Waals surface area contributed by atoms with Gasteiger partial charge in [-0.3, -0.25) is 0 Å². The van der Waals surface area contributed by atoms with Gasteiger partial charge < -0.3 is 10.2 Å². The standard InChI is InChI=1S/C21H24N4/c1-4-25(19-12-6-5-7-13-19)20-14-17(3)23-21(24-20)22-15-18-11-9-8-10-16(18)2/h5-14H,4,15H2,1-3H3,(H,22,23,24). The topological polar surface area (TPSA) is 41.1 Å². The van der Waals surface area contributed by atoms with Crippen molar-refractivity contribution < 1.29 is 0 Å². The van der Waals surface area contributed by atoms with Crippen molar-refractivity contribution in [3.8, 4) is 0 Å². The second-order valence-corrected chi connectivity index (χ2v) is 6.05. The van der Waals surface area contributed by atoms with Crippen LogP contribution in [0.1, 0.15) is 23.7 Å². The maximum absolute atomic E-state index is 4.73. The van der Waals surface area contributed by atoms with Crippen LogP contribution in [0.15, 0.2) is 60.7 Å². The average molecular weight is 332 g/mol. The zero-order valence-electron chi connectivity index (χ0n) is 15.0. The summed E-state index contributed by atoms with van der Waals surface area (Å²) in [6, 6.07) is 20.7. The SMILES string of the molecule is CCN(c1ccccc1)c1cc(C)nc(NCc2ccccc2C)n1. The zero-order chi connectivity index (χ0) is 17.6. The van der Waals surface area contributed by atoms with Gasteiger partial charge in [0.1, 0.15) is 5.82 Å². The van der Waals surface area contributed by atoms with Gasteiger partial charge in [-0.15, -0.1) is 0 Å². The summed E-state index contributed by atoms with van der Waals surface area (Å²) in [6.07, 6.45) is 0. The third-order valence-corrected chi connectivity index (χ3v) is 4.20. The van der Waals surface area contributed by atoms with E-state index < -0.39 is 0 Å². The van der Waals surface area contributed by atoms with Gasteiger partial charge in [-0.1, -0.05) is 42.5 Å². The second kappa shape index (κ2) is 7.79. The minimum absolute atomic E-state index is 0.660. The molecule has 128 valence electrons. The van der Waals surface area contributed by atoms with Gasteiger partial charge in [0.05, 0.1) is 0 Å². The first-order valence-electron chi connectivity index (χ1n) is 8.64. The molecule has 4 nitrogen and oxygen atoms in total. The zero-order valence-corrected chi connectivity index (χ0v) is 15.0. The van der Waals surface area contributed by atoms with Crippen molar-refractivity contribution >= 4 is 17.5 Å². The van der Waals surface area contributed by atoms with E-state index in [0.717, 1.165) is 23.7 Å². The normalized spacial score (nSPS) is 10.5. The van der Waals surface area contributed by atoms with Crippen molar-refractivity contribution in [2.24, 2.45) is 0 Å². The van der Waals surface area contributed by atoms with Crippen LogP contribution in [0.25, 0.3) is 0 Å². The maximum Gasteiger partial charge on any atom is 0.225 e. The largest absolute Gasteiger partial charge is 0.350 e. The number of anilines is 3. The number of nitrogens with one attached hydrogen (secondary N) is 1. The molecular formula is C21H24N4. The lowest BCUT2D eigenvalue weighted by molar-refractivity contribution is 0.953. The van der Waals surface area contributed by atoms with Crippen LogP contribution in [0.3, 0.4) is 0 Å². The summed E-state index contributed by atoms with van der Waals surface area (Å²) < 4.78 is 0. The number of hydrogen-bond donors (Lipinski definition) is 1. The van der Waals surface area contributed by atoms with Gasteiger partial charge >= 0.3 is 0 Å². The fourth-order valence-electron chi connectivity index (χ4n) is 2.84. The first-order chi connectivity index (χ1) is 12.2. The molecule has 0 fully saturated rings. The van der Waals surface area contributed by atoms with Gasteiger partial charge in [0, 0.05) is 30.5 Å². The molecule has 2 aromatic carbocycles. The molecule has 1 aromatic heterocycles. The number of aryl methyl sites for hydroxylation is 2. The fraction of sp³-hybridized carbons (Fsp3) is 0.238. The molecule has 1 N–H and O–H groups in total. The van der Waals surface area contributed by atoms with Gasteiger partial charge in [0.25, 0.3) is 0 Å². The second-order valence-electron chi connectivity index (χ2n) is 6.05. The predicted octanol–water partition coefficient (Wildman–Crippen LogP) is 4.86. The lowest BCUT2D eigenvalue weighted by atomic mass is 10.1. The van der Waals surface area contributed by atoms with Gasteiger partial charge in [0.15, 0.2) is 0 Å². The van der Waals surface area contributed by atoms with Crippen LogP contribution in [-0.4, -0.2) is 16.5 Å². The number of aromatic nitrogens is 2. The number of rotatable bonds is 6. The summed E-state index contributed by atoms with van der Waals surface area (Å²) in [5, 5.41) is 3.36. The molecule has 0 amide bonds. The minimum Gasteiger partial charge on any atom is -0.350 e. The molecule has 0 aliphatic heterocycles. The lowest BCUT2D eigenvalue weighted by Crippen LogP contribution is -2.18. The summed E-state index contributed by atoms with van der Waals surface area (Å²) in [5.41, 5.74) is 4.60.